The molecule has 28 heavy (non-hydrogen) atoms. The van der Waals surface area contributed by atoms with Crippen molar-refractivity contribution in [2.24, 2.45) is 0 Å². The highest BCUT2D eigenvalue weighted by molar-refractivity contribution is 7.92. The van der Waals surface area contributed by atoms with E-state index in [0.717, 1.165) is 11.1 Å². The second-order valence-corrected chi connectivity index (χ2v) is 10.3. The van der Waals surface area contributed by atoms with Crippen LogP contribution in [0, 0.1) is 0 Å². The minimum Gasteiger partial charge on any atom is -0.468 e. The molecule has 0 spiro atoms. The van der Waals surface area contributed by atoms with Gasteiger partial charge in [0.1, 0.15) is 5.75 Å². The van der Waals surface area contributed by atoms with Crippen LogP contribution in [-0.4, -0.2) is 37.2 Å². The minimum absolute atomic E-state index is 0.191. The van der Waals surface area contributed by atoms with E-state index < -0.39 is 32.6 Å². The number of rotatable bonds is 3. The second-order valence-electron chi connectivity index (χ2n) is 8.21. The lowest BCUT2D eigenvalue weighted by Gasteiger charge is -2.51. The fourth-order valence-corrected chi connectivity index (χ4v) is 6.19. The van der Waals surface area contributed by atoms with Crippen LogP contribution in [0.25, 0.3) is 0 Å². The first kappa shape index (κ1) is 19.0. The van der Waals surface area contributed by atoms with Gasteiger partial charge in [-0.15, -0.1) is 0 Å². The van der Waals surface area contributed by atoms with Gasteiger partial charge in [0, 0.05) is 19.4 Å². The van der Waals surface area contributed by atoms with Crippen LogP contribution in [0.1, 0.15) is 50.2 Å². The molecule has 1 amide bonds. The van der Waals surface area contributed by atoms with Gasteiger partial charge in [0.05, 0.1) is 4.90 Å². The maximum atomic E-state index is 13.6. The third-order valence-corrected chi connectivity index (χ3v) is 8.23. The maximum Gasteiger partial charge on any atom is 0.244 e. The average molecular weight is 400 g/mol. The fraction of sp³-hybridized carbons (Fsp3) is 0.409. The zero-order chi connectivity index (χ0) is 20.3. The summed E-state index contributed by atoms with van der Waals surface area (Å²) in [6, 6.07) is 14.3. The number of amides is 1. The van der Waals surface area contributed by atoms with E-state index in [1.807, 2.05) is 43.3 Å². The molecule has 3 unspecified atom stereocenters. The molecule has 2 heterocycles. The van der Waals surface area contributed by atoms with E-state index in [1.165, 1.54) is 4.90 Å². The molecule has 6 heteroatoms. The van der Waals surface area contributed by atoms with E-state index in [9.17, 15) is 13.2 Å². The smallest absolute Gasteiger partial charge is 0.244 e. The number of piperidine rings is 1. The van der Waals surface area contributed by atoms with Crippen LogP contribution in [0.15, 0.2) is 53.4 Å². The maximum absolute atomic E-state index is 13.6. The second kappa shape index (κ2) is 6.34. The summed E-state index contributed by atoms with van der Waals surface area (Å²) in [5.41, 5.74) is 1.01. The molecule has 2 bridgehead atoms. The van der Waals surface area contributed by atoms with E-state index >= 15 is 0 Å². The van der Waals surface area contributed by atoms with Crippen LogP contribution < -0.4 is 4.74 Å². The van der Waals surface area contributed by atoms with E-state index in [4.69, 9.17) is 4.74 Å². The predicted octanol–water partition coefficient (Wildman–Crippen LogP) is 3.71. The number of carbonyl (C=O) groups is 1. The Morgan fingerprint density at radius 3 is 2.39 bits per heavy atom. The molecular weight excluding hydrogens is 374 g/mol. The van der Waals surface area contributed by atoms with Crippen LogP contribution in [0.4, 0.5) is 0 Å². The van der Waals surface area contributed by atoms with Crippen molar-refractivity contribution in [3.8, 4) is 5.75 Å². The molecule has 1 fully saturated rings. The Kier molecular flexibility index (Phi) is 4.30. The SMILES string of the molecule is CC(C)c1ccc(S(=O)(=O)C2C(=O)N(C)C3(C)CC2c2ccccc2O3)cc1. The lowest BCUT2D eigenvalue weighted by Crippen LogP contribution is -2.64. The molecule has 2 aliphatic rings. The molecule has 3 atom stereocenters. The van der Waals surface area contributed by atoms with Gasteiger partial charge in [-0.2, -0.15) is 0 Å². The Morgan fingerprint density at radius 1 is 1.11 bits per heavy atom. The largest absolute Gasteiger partial charge is 0.468 e. The third-order valence-electron chi connectivity index (χ3n) is 6.11. The number of hydrogen-bond acceptors (Lipinski definition) is 4. The number of fused-ring (bicyclic) bond motifs is 4. The van der Waals surface area contributed by atoms with Gasteiger partial charge in [-0.1, -0.05) is 44.2 Å². The topological polar surface area (TPSA) is 63.7 Å². The van der Waals surface area contributed by atoms with E-state index in [1.54, 1.807) is 19.2 Å². The molecular formula is C22H25NO4S. The van der Waals surface area contributed by atoms with E-state index in [0.29, 0.717) is 18.1 Å². The third kappa shape index (κ3) is 2.73. The molecule has 4 rings (SSSR count). The monoisotopic (exact) mass is 399 g/mol. The highest BCUT2D eigenvalue weighted by Crippen LogP contribution is 2.49. The molecule has 1 saturated heterocycles. The first-order valence-electron chi connectivity index (χ1n) is 9.54. The molecule has 0 saturated carbocycles. The minimum atomic E-state index is -3.85. The van der Waals surface area contributed by atoms with Gasteiger partial charge in [0.2, 0.25) is 5.91 Å². The van der Waals surface area contributed by atoms with Crippen molar-refractivity contribution in [2.45, 2.75) is 54.9 Å². The number of sulfone groups is 1. The fourth-order valence-electron chi connectivity index (χ4n) is 4.29. The molecule has 148 valence electrons. The van der Waals surface area contributed by atoms with E-state index in [2.05, 4.69) is 13.8 Å². The summed E-state index contributed by atoms with van der Waals surface area (Å²) in [7, 11) is -2.23. The van der Waals surface area contributed by atoms with Crippen molar-refractivity contribution in [2.75, 3.05) is 7.05 Å². The van der Waals surface area contributed by atoms with Crippen LogP contribution in [0.2, 0.25) is 0 Å². The molecule has 2 aromatic carbocycles. The summed E-state index contributed by atoms with van der Waals surface area (Å²) in [6.07, 6.45) is 0.445. The number of nitrogens with zero attached hydrogens (tertiary/aromatic N) is 1. The van der Waals surface area contributed by atoms with Gasteiger partial charge in [-0.3, -0.25) is 4.79 Å². The molecule has 0 radical (unpaired) electrons. The van der Waals surface area contributed by atoms with Crippen LogP contribution in [-0.2, 0) is 14.6 Å². The molecule has 5 nitrogen and oxygen atoms in total. The zero-order valence-corrected chi connectivity index (χ0v) is 17.4. The molecule has 0 N–H and O–H groups in total. The molecule has 0 aromatic heterocycles. The summed E-state index contributed by atoms with van der Waals surface area (Å²) < 4.78 is 33.2. The van der Waals surface area contributed by atoms with E-state index in [-0.39, 0.29) is 4.90 Å². The summed E-state index contributed by atoms with van der Waals surface area (Å²) in [5.74, 6) is 0.104. The van der Waals surface area contributed by atoms with Crippen molar-refractivity contribution >= 4 is 15.7 Å². The van der Waals surface area contributed by atoms with Crippen LogP contribution in [0.5, 0.6) is 5.75 Å². The average Bonchev–Trinajstić information content (AvgIpc) is 2.66. The lowest BCUT2D eigenvalue weighted by molar-refractivity contribution is -0.159. The Morgan fingerprint density at radius 2 is 1.75 bits per heavy atom. The van der Waals surface area contributed by atoms with Gasteiger partial charge >= 0.3 is 0 Å². The number of benzene rings is 2. The van der Waals surface area contributed by atoms with Gasteiger partial charge in [-0.25, -0.2) is 8.42 Å². The number of likely N-dealkylation sites (tertiary alicyclic amines) is 1. The number of hydrogen-bond donors (Lipinski definition) is 0. The normalized spacial score (nSPS) is 26.8. The number of para-hydroxylation sites is 1. The van der Waals surface area contributed by atoms with Gasteiger partial charge in [0.15, 0.2) is 20.8 Å². The van der Waals surface area contributed by atoms with Crippen LogP contribution >= 0.6 is 0 Å². The zero-order valence-electron chi connectivity index (χ0n) is 16.5. The summed E-state index contributed by atoms with van der Waals surface area (Å²) in [5, 5.41) is -1.15. The number of ether oxygens (including phenoxy) is 1. The standard InChI is InChI=1S/C22H25NO4S/c1-14(2)15-9-11-16(12-10-15)28(25,26)20-18-13-22(3,23(4)21(20)24)27-19-8-6-5-7-17(18)19/h5-12,14,18,20H,13H2,1-4H3. The Labute approximate surface area is 166 Å². The first-order valence-corrected chi connectivity index (χ1v) is 11.1. The lowest BCUT2D eigenvalue weighted by atomic mass is 9.80. The van der Waals surface area contributed by atoms with Crippen molar-refractivity contribution < 1.29 is 17.9 Å². The van der Waals surface area contributed by atoms with Crippen molar-refractivity contribution in [3.63, 3.8) is 0 Å². The summed E-state index contributed by atoms with van der Waals surface area (Å²) >= 11 is 0. The molecule has 2 aromatic rings. The summed E-state index contributed by atoms with van der Waals surface area (Å²) in [6.45, 7) is 5.96. The number of carbonyl (C=O) groups excluding carboxylic acids is 1. The Bertz CT molecular complexity index is 1030. The quantitative estimate of drug-likeness (QED) is 0.789. The Balaban J connectivity index is 1.83. The van der Waals surface area contributed by atoms with Gasteiger partial charge in [0.25, 0.3) is 0 Å². The van der Waals surface area contributed by atoms with Gasteiger partial charge in [-0.05, 0) is 42.2 Å². The highest BCUT2D eigenvalue weighted by atomic mass is 32.2. The van der Waals surface area contributed by atoms with Crippen LogP contribution in [0.3, 0.4) is 0 Å². The first-order chi connectivity index (χ1) is 13.1. The predicted molar refractivity (Wildman–Crippen MR) is 107 cm³/mol. The van der Waals surface area contributed by atoms with Crippen molar-refractivity contribution in [1.82, 2.24) is 4.90 Å². The molecule has 0 aliphatic carbocycles. The van der Waals surface area contributed by atoms with Crippen molar-refractivity contribution in [3.05, 3.63) is 59.7 Å². The Hall–Kier alpha value is -2.34. The van der Waals surface area contributed by atoms with Gasteiger partial charge < -0.3 is 9.64 Å². The highest BCUT2D eigenvalue weighted by Gasteiger charge is 2.56. The summed E-state index contributed by atoms with van der Waals surface area (Å²) in [4.78, 5) is 14.9. The molecule has 2 aliphatic heterocycles. The van der Waals surface area contributed by atoms with Crippen molar-refractivity contribution in [1.29, 1.82) is 0 Å².